The van der Waals surface area contributed by atoms with Crippen LogP contribution >= 0.6 is 27.2 Å². The lowest BCUT2D eigenvalue weighted by Gasteiger charge is -2.25. The Bertz CT molecular complexity index is 1900. The van der Waals surface area contributed by atoms with Gasteiger partial charge in [-0.1, -0.05) is 0 Å². The SMILES string of the molecule is CO[P+]1(S)OCC2OC(n3cnc4c(N)ncnc43)C(O)C2OP(=O)(O)OCC2OC(n3cnc4c(=O)[nH]c(N)nc43)C(O1)C2O. The number of anilines is 2. The quantitative estimate of drug-likeness (QED) is 0.0973. The maximum Gasteiger partial charge on any atom is 0.478 e. The van der Waals surface area contributed by atoms with Gasteiger partial charge in [0.05, 0.1) is 38.6 Å². The number of rotatable bonds is 3. The Morgan fingerprint density at radius 3 is 2.50 bits per heavy atom. The minimum absolute atomic E-state index is 0.00592. The fourth-order valence-corrected chi connectivity index (χ4v) is 8.01. The van der Waals surface area contributed by atoms with Gasteiger partial charge in [-0.2, -0.15) is 18.6 Å². The van der Waals surface area contributed by atoms with E-state index in [1.54, 1.807) is 0 Å². The number of H-pyrrole nitrogens is 1. The second-order valence-electron chi connectivity index (χ2n) is 10.3. The molecule has 10 atom stereocenters. The van der Waals surface area contributed by atoms with Crippen LogP contribution in [0.3, 0.4) is 0 Å². The lowest BCUT2D eigenvalue weighted by atomic mass is 10.1. The van der Waals surface area contributed by atoms with E-state index >= 15 is 0 Å². The maximum absolute atomic E-state index is 13.2. The van der Waals surface area contributed by atoms with Gasteiger partial charge in [-0.25, -0.2) is 24.5 Å². The summed E-state index contributed by atoms with van der Waals surface area (Å²) in [5.74, 6) is -0.126. The molecule has 4 aromatic rings. The summed E-state index contributed by atoms with van der Waals surface area (Å²) in [7, 11) is -7.41. The Morgan fingerprint density at radius 2 is 1.74 bits per heavy atom. The summed E-state index contributed by atoms with van der Waals surface area (Å²) in [6.07, 6.45) is -7.33. The number of aromatic nitrogens is 8. The lowest BCUT2D eigenvalue weighted by molar-refractivity contribution is -0.0646. The molecule has 0 aliphatic carbocycles. The van der Waals surface area contributed by atoms with E-state index in [4.69, 9.17) is 43.6 Å². The molecule has 3 aliphatic heterocycles. The van der Waals surface area contributed by atoms with Crippen molar-refractivity contribution < 1.29 is 51.8 Å². The highest BCUT2D eigenvalue weighted by Gasteiger charge is 2.58. The zero-order chi connectivity index (χ0) is 32.5. The predicted octanol–water partition coefficient (Wildman–Crippen LogP) is -1.19. The van der Waals surface area contributed by atoms with E-state index in [1.807, 2.05) is 0 Å². The molecule has 7 heterocycles. The summed E-state index contributed by atoms with van der Waals surface area (Å²) in [4.78, 5) is 45.8. The minimum atomic E-state index is -4.98. The van der Waals surface area contributed by atoms with Gasteiger partial charge in [0.15, 0.2) is 41.2 Å². The highest BCUT2D eigenvalue weighted by Crippen LogP contribution is 2.68. The van der Waals surface area contributed by atoms with Crippen LogP contribution in [0.4, 0.5) is 11.8 Å². The number of ether oxygens (including phenoxy) is 2. The average molecular weight is 706 g/mol. The first-order chi connectivity index (χ1) is 21.9. The fourth-order valence-electron chi connectivity index (χ4n) is 5.39. The molecule has 2 bridgehead atoms. The van der Waals surface area contributed by atoms with Gasteiger partial charge in [-0.3, -0.25) is 28.0 Å². The third-order valence-corrected chi connectivity index (χ3v) is 11.1. The van der Waals surface area contributed by atoms with E-state index < -0.39 is 82.8 Å². The highest BCUT2D eigenvalue weighted by atomic mass is 32.7. The number of thiol groups is 1. The van der Waals surface area contributed by atoms with E-state index in [-0.39, 0.29) is 34.1 Å². The lowest BCUT2D eigenvalue weighted by Crippen LogP contribution is -2.36. The Hall–Kier alpha value is -2.89. The summed E-state index contributed by atoms with van der Waals surface area (Å²) in [6, 6.07) is 0. The summed E-state index contributed by atoms with van der Waals surface area (Å²) >= 11 is 4.51. The molecule has 0 spiro atoms. The maximum atomic E-state index is 13.2. The number of hydrogen-bond donors (Lipinski definition) is 7. The average Bonchev–Trinajstić information content (AvgIpc) is 3.77. The number of nitrogens with one attached hydrogen (secondary N) is 1. The second kappa shape index (κ2) is 11.7. The van der Waals surface area contributed by atoms with Gasteiger partial charge in [-0.15, -0.1) is 0 Å². The normalized spacial score (nSPS) is 37.2. The van der Waals surface area contributed by atoms with E-state index in [0.717, 1.165) is 0 Å². The molecule has 0 aromatic carbocycles. The highest BCUT2D eigenvalue weighted by molar-refractivity contribution is 8.47. The van der Waals surface area contributed by atoms with Crippen molar-refractivity contribution in [2.24, 2.45) is 0 Å². The van der Waals surface area contributed by atoms with E-state index in [1.165, 1.54) is 35.2 Å². The number of imidazole rings is 2. The second-order valence-corrected chi connectivity index (χ2v) is 15.0. The molecule has 4 aromatic heterocycles. The Labute approximate surface area is 262 Å². The fraction of sp³-hybridized carbons (Fsp3) is 0.524. The van der Waals surface area contributed by atoms with Crippen LogP contribution < -0.4 is 17.0 Å². The molecule has 22 nitrogen and oxygen atoms in total. The van der Waals surface area contributed by atoms with E-state index in [0.29, 0.717) is 0 Å². The summed E-state index contributed by atoms with van der Waals surface area (Å²) in [6.45, 7) is -1.16. The first-order valence-electron chi connectivity index (χ1n) is 13.4. The predicted molar refractivity (Wildman–Crippen MR) is 157 cm³/mol. The molecular formula is C21H27N10O12P2S+. The smallest absolute Gasteiger partial charge is 0.387 e. The molecule has 25 heteroatoms. The number of phosphoric ester groups is 1. The minimum Gasteiger partial charge on any atom is -0.387 e. The summed E-state index contributed by atoms with van der Waals surface area (Å²) in [5, 5.41) is 22.5. The summed E-state index contributed by atoms with van der Waals surface area (Å²) < 4.78 is 56.0. The van der Waals surface area contributed by atoms with Crippen LogP contribution in [0.1, 0.15) is 12.5 Å². The standard InChI is InChI=1S/C21H26N10O12P2S/c1-37-45(46)39-3-8-13(12(33)19(41-8)30-5-26-9-15(22)24-4-25-16(9)30)42-44(35,36)38-2-7-11(32)14(43-45)20(40-7)31-6-27-10-17(31)28-21(23)29-18(10)34/h4-8,11-14,19-20,32-33,46H,2-3H2,1H3,(H5-,22,23,24,25,28,29,34,35,36)/p+1. The number of aliphatic hydroxyl groups excluding tert-OH is 2. The van der Waals surface area contributed by atoms with Crippen LogP contribution in [0.15, 0.2) is 23.8 Å². The summed E-state index contributed by atoms with van der Waals surface area (Å²) in [5.41, 5.74) is 11.4. The van der Waals surface area contributed by atoms with Gasteiger partial charge in [0.2, 0.25) is 5.95 Å². The van der Waals surface area contributed by atoms with Crippen LogP contribution in [0.25, 0.3) is 22.3 Å². The molecule has 248 valence electrons. The van der Waals surface area contributed by atoms with Gasteiger partial charge in [0, 0.05) is 0 Å². The largest absolute Gasteiger partial charge is 0.478 e. The molecule has 3 aliphatic rings. The number of hydrogen-bond acceptors (Lipinski definition) is 19. The number of phosphoric acid groups is 1. The molecule has 8 N–H and O–H groups in total. The number of aliphatic hydroxyl groups is 2. The molecule has 3 fully saturated rings. The van der Waals surface area contributed by atoms with E-state index in [2.05, 4.69) is 42.2 Å². The molecule has 0 saturated carbocycles. The van der Waals surface area contributed by atoms with E-state index in [9.17, 15) is 24.5 Å². The molecule has 0 radical (unpaired) electrons. The van der Waals surface area contributed by atoms with Crippen molar-refractivity contribution in [1.29, 1.82) is 0 Å². The van der Waals surface area contributed by atoms with Crippen molar-refractivity contribution in [3.63, 3.8) is 0 Å². The molecule has 46 heavy (non-hydrogen) atoms. The van der Waals surface area contributed by atoms with Gasteiger partial charge in [0.25, 0.3) is 5.56 Å². The van der Waals surface area contributed by atoms with Crippen molar-refractivity contribution >= 4 is 61.3 Å². The van der Waals surface area contributed by atoms with Gasteiger partial charge < -0.3 is 36.0 Å². The van der Waals surface area contributed by atoms with Crippen molar-refractivity contribution in [2.45, 2.75) is 49.1 Å². The third kappa shape index (κ3) is 5.46. The van der Waals surface area contributed by atoms with Crippen LogP contribution in [0.5, 0.6) is 0 Å². The Morgan fingerprint density at radius 1 is 1.02 bits per heavy atom. The molecule has 10 unspecified atom stereocenters. The Balaban J connectivity index is 1.22. The van der Waals surface area contributed by atoms with Crippen molar-refractivity contribution in [3.8, 4) is 0 Å². The molecule has 3 saturated heterocycles. The number of aromatic amines is 1. The van der Waals surface area contributed by atoms with Gasteiger partial charge in [-0.05, 0) is 0 Å². The molecular weight excluding hydrogens is 678 g/mol. The first-order valence-corrected chi connectivity index (χ1v) is 17.6. The topological polar surface area (TPSA) is 302 Å². The van der Waals surface area contributed by atoms with Gasteiger partial charge in [0.1, 0.15) is 49.0 Å². The Kier molecular flexibility index (Phi) is 8.04. The van der Waals surface area contributed by atoms with Gasteiger partial charge >= 0.3 is 15.0 Å². The van der Waals surface area contributed by atoms with Crippen LogP contribution in [0.2, 0.25) is 0 Å². The van der Waals surface area contributed by atoms with Crippen LogP contribution in [-0.2, 0) is 36.7 Å². The van der Waals surface area contributed by atoms with Crippen molar-refractivity contribution in [2.75, 3.05) is 31.8 Å². The zero-order valence-electron chi connectivity index (χ0n) is 23.4. The molecule has 0 amide bonds. The number of nitrogens with zero attached hydrogens (tertiary/aromatic N) is 7. The first kappa shape index (κ1) is 31.7. The number of nitrogens with two attached hydrogens (primary N) is 2. The van der Waals surface area contributed by atoms with Crippen LogP contribution in [-0.4, -0.2) is 111 Å². The van der Waals surface area contributed by atoms with Crippen molar-refractivity contribution in [3.05, 3.63) is 29.3 Å². The number of nitrogen functional groups attached to an aromatic ring is 2. The van der Waals surface area contributed by atoms with Crippen molar-refractivity contribution in [1.82, 2.24) is 39.0 Å². The number of fused-ring (bicyclic) bond motifs is 5. The van der Waals surface area contributed by atoms with Crippen LogP contribution in [0, 0.1) is 0 Å². The zero-order valence-corrected chi connectivity index (χ0v) is 26.1. The molecule has 7 rings (SSSR count). The third-order valence-electron chi connectivity index (χ3n) is 7.55. The monoisotopic (exact) mass is 705 g/mol.